The molecule has 2 aromatic rings. The molecule has 0 saturated heterocycles. The lowest BCUT2D eigenvalue weighted by molar-refractivity contribution is -0.142. The maximum absolute atomic E-state index is 12.6. The number of nitrogens with two attached hydrogens (primary N) is 2. The van der Waals surface area contributed by atoms with E-state index in [9.17, 15) is 18.0 Å². The van der Waals surface area contributed by atoms with Gasteiger partial charge in [0.1, 0.15) is 11.6 Å². The predicted octanol–water partition coefficient (Wildman–Crippen LogP) is 0.886. The Morgan fingerprint density at radius 3 is 2.03 bits per heavy atom. The molecule has 2 aromatic carbocycles. The number of nitrogens with one attached hydrogen (secondary N) is 1. The van der Waals surface area contributed by atoms with Gasteiger partial charge < -0.3 is 20.9 Å². The smallest absolute Gasteiger partial charge is 0.343 e. The lowest BCUT2D eigenvalue weighted by Gasteiger charge is -2.13. The molecule has 0 aliphatic rings. The summed E-state index contributed by atoms with van der Waals surface area (Å²) in [5.41, 5.74) is 11.5. The van der Waals surface area contributed by atoms with Gasteiger partial charge in [0.05, 0.1) is 12.0 Å². The molecule has 0 amide bonds. The van der Waals surface area contributed by atoms with Crippen molar-refractivity contribution < 1.29 is 27.5 Å². The number of halogens is 1. The standard InChI is InChI=1S/C18H19N3O6S.ClH/c1-26-15(22)10-27-13-6-2-11(3-7-13)16(23)18(21)28(24,25)14-8-4-12(5-9-14)17(19)20;/h2-9,18H,10,21H2,1H3,(H3,19,20);1H. The summed E-state index contributed by atoms with van der Waals surface area (Å²) < 4.78 is 34.8. The molecule has 0 saturated carbocycles. The van der Waals surface area contributed by atoms with E-state index in [-0.39, 0.29) is 35.3 Å². The van der Waals surface area contributed by atoms with E-state index in [2.05, 4.69) is 4.74 Å². The molecule has 0 heterocycles. The van der Waals surface area contributed by atoms with E-state index in [1.807, 2.05) is 0 Å². The van der Waals surface area contributed by atoms with E-state index >= 15 is 0 Å². The van der Waals surface area contributed by atoms with E-state index in [0.29, 0.717) is 11.3 Å². The summed E-state index contributed by atoms with van der Waals surface area (Å²) in [6.45, 7) is -0.298. The summed E-state index contributed by atoms with van der Waals surface area (Å²) in [4.78, 5) is 23.4. The van der Waals surface area contributed by atoms with Crippen LogP contribution in [0.2, 0.25) is 0 Å². The van der Waals surface area contributed by atoms with Gasteiger partial charge >= 0.3 is 5.97 Å². The van der Waals surface area contributed by atoms with E-state index < -0.39 is 27.0 Å². The molecule has 0 radical (unpaired) electrons. The summed E-state index contributed by atoms with van der Waals surface area (Å²) in [6, 6.07) is 10.7. The minimum absolute atomic E-state index is 0. The van der Waals surface area contributed by atoms with Crippen LogP contribution in [0.3, 0.4) is 0 Å². The second-order valence-electron chi connectivity index (χ2n) is 5.66. The number of amidine groups is 1. The van der Waals surface area contributed by atoms with Crippen molar-refractivity contribution in [3.63, 3.8) is 0 Å². The van der Waals surface area contributed by atoms with Crippen LogP contribution < -0.4 is 16.2 Å². The summed E-state index contributed by atoms with van der Waals surface area (Å²) in [7, 11) is -2.91. The number of esters is 1. The molecule has 2 rings (SSSR count). The van der Waals surface area contributed by atoms with Crippen molar-refractivity contribution in [2.45, 2.75) is 10.3 Å². The molecule has 5 N–H and O–H groups in total. The molecular formula is C18H20ClN3O6S. The molecule has 0 fully saturated rings. The number of carbonyl (C=O) groups is 2. The first kappa shape index (κ1) is 24.1. The molecule has 9 nitrogen and oxygen atoms in total. The number of benzene rings is 2. The molecule has 0 aliphatic heterocycles. The monoisotopic (exact) mass is 441 g/mol. The fourth-order valence-electron chi connectivity index (χ4n) is 2.19. The Balaban J connectivity index is 0.00000420. The second kappa shape index (κ2) is 10.0. The van der Waals surface area contributed by atoms with E-state index in [4.69, 9.17) is 21.6 Å². The molecule has 29 heavy (non-hydrogen) atoms. The SMILES string of the molecule is COC(=O)COc1ccc(C(=O)C(N)S(=O)(=O)c2ccc(C(=N)N)cc2)cc1.Cl. The number of rotatable bonds is 8. The van der Waals surface area contributed by atoms with Gasteiger partial charge in [0.2, 0.25) is 9.84 Å². The van der Waals surface area contributed by atoms with Crippen molar-refractivity contribution in [2.75, 3.05) is 13.7 Å². The Bertz CT molecular complexity index is 991. The zero-order chi connectivity index (χ0) is 20.9. The molecule has 11 heteroatoms. The van der Waals surface area contributed by atoms with Gasteiger partial charge in [0.15, 0.2) is 17.8 Å². The van der Waals surface area contributed by atoms with Gasteiger partial charge in [-0.3, -0.25) is 10.2 Å². The maximum Gasteiger partial charge on any atom is 0.343 e. The quantitative estimate of drug-likeness (QED) is 0.235. The number of ketones is 1. The number of ether oxygens (including phenoxy) is 2. The highest BCUT2D eigenvalue weighted by atomic mass is 35.5. The maximum atomic E-state index is 12.6. The minimum Gasteiger partial charge on any atom is -0.482 e. The fraction of sp³-hybridized carbons (Fsp3) is 0.167. The van der Waals surface area contributed by atoms with Gasteiger partial charge in [0.25, 0.3) is 0 Å². The van der Waals surface area contributed by atoms with Crippen molar-refractivity contribution in [3.8, 4) is 5.75 Å². The number of Topliss-reactive ketones (excluding diaryl/α,β-unsaturated/α-hetero) is 1. The first-order valence-corrected chi connectivity index (χ1v) is 9.49. The zero-order valence-electron chi connectivity index (χ0n) is 15.3. The number of nitrogen functional groups attached to an aromatic ring is 1. The van der Waals surface area contributed by atoms with Crippen molar-refractivity contribution in [1.82, 2.24) is 0 Å². The molecular weight excluding hydrogens is 422 g/mol. The highest BCUT2D eigenvalue weighted by Gasteiger charge is 2.31. The zero-order valence-corrected chi connectivity index (χ0v) is 17.0. The number of hydrogen-bond donors (Lipinski definition) is 3. The van der Waals surface area contributed by atoms with Crippen molar-refractivity contribution in [3.05, 3.63) is 59.7 Å². The number of carbonyl (C=O) groups excluding carboxylic acids is 2. The number of hydrogen-bond acceptors (Lipinski definition) is 8. The predicted molar refractivity (Wildman–Crippen MR) is 108 cm³/mol. The van der Waals surface area contributed by atoms with Gasteiger partial charge in [-0.2, -0.15) is 0 Å². The largest absolute Gasteiger partial charge is 0.482 e. The Morgan fingerprint density at radius 1 is 1.03 bits per heavy atom. The number of sulfone groups is 1. The third-order valence-electron chi connectivity index (χ3n) is 3.81. The van der Waals surface area contributed by atoms with Crippen molar-refractivity contribution in [2.24, 2.45) is 11.5 Å². The average molecular weight is 442 g/mol. The first-order chi connectivity index (χ1) is 13.2. The number of methoxy groups -OCH3 is 1. The Labute approximate surface area is 173 Å². The van der Waals surface area contributed by atoms with E-state index in [1.165, 1.54) is 55.6 Å². The molecule has 0 aliphatic carbocycles. The van der Waals surface area contributed by atoms with Gasteiger partial charge in [-0.15, -0.1) is 12.4 Å². The molecule has 0 spiro atoms. The van der Waals surface area contributed by atoms with Crippen LogP contribution in [0.15, 0.2) is 53.4 Å². The van der Waals surface area contributed by atoms with Crippen LogP contribution in [0, 0.1) is 5.41 Å². The van der Waals surface area contributed by atoms with Crippen LogP contribution in [0.5, 0.6) is 5.75 Å². The third kappa shape index (κ3) is 5.76. The summed E-state index contributed by atoms with van der Waals surface area (Å²) in [5.74, 6) is -1.27. The first-order valence-electron chi connectivity index (χ1n) is 7.94. The van der Waals surface area contributed by atoms with Crippen LogP contribution in [-0.2, 0) is 19.4 Å². The van der Waals surface area contributed by atoms with Gasteiger partial charge in [0, 0.05) is 11.1 Å². The van der Waals surface area contributed by atoms with E-state index in [0.717, 1.165) is 0 Å². The minimum atomic E-state index is -4.14. The normalized spacial score (nSPS) is 11.7. The Hall–Kier alpha value is -2.95. The average Bonchev–Trinajstić information content (AvgIpc) is 2.71. The third-order valence-corrected chi connectivity index (χ3v) is 5.62. The summed E-state index contributed by atoms with van der Waals surface area (Å²) >= 11 is 0. The summed E-state index contributed by atoms with van der Waals surface area (Å²) in [6.07, 6.45) is 0. The van der Waals surface area contributed by atoms with Gasteiger partial charge in [-0.25, -0.2) is 13.2 Å². The molecule has 0 bridgehead atoms. The Morgan fingerprint density at radius 2 is 1.55 bits per heavy atom. The molecule has 0 aromatic heterocycles. The lowest BCUT2D eigenvalue weighted by Crippen LogP contribution is -2.38. The van der Waals surface area contributed by atoms with Crippen LogP contribution >= 0.6 is 12.4 Å². The van der Waals surface area contributed by atoms with Crippen LogP contribution in [0.4, 0.5) is 0 Å². The van der Waals surface area contributed by atoms with Crippen LogP contribution in [0.1, 0.15) is 15.9 Å². The molecule has 1 unspecified atom stereocenters. The summed E-state index contributed by atoms with van der Waals surface area (Å²) in [5, 5.41) is 5.51. The molecule has 156 valence electrons. The van der Waals surface area contributed by atoms with Crippen LogP contribution in [0.25, 0.3) is 0 Å². The highest BCUT2D eigenvalue weighted by molar-refractivity contribution is 7.92. The van der Waals surface area contributed by atoms with Crippen LogP contribution in [-0.4, -0.2) is 45.1 Å². The van der Waals surface area contributed by atoms with Crippen molar-refractivity contribution in [1.29, 1.82) is 5.41 Å². The fourth-order valence-corrected chi connectivity index (χ4v) is 3.42. The second-order valence-corrected chi connectivity index (χ2v) is 7.73. The molecule has 1 atom stereocenters. The van der Waals surface area contributed by atoms with Gasteiger partial charge in [-0.1, -0.05) is 12.1 Å². The Kier molecular flexibility index (Phi) is 8.31. The van der Waals surface area contributed by atoms with Crippen molar-refractivity contribution >= 4 is 39.8 Å². The van der Waals surface area contributed by atoms with Gasteiger partial charge in [-0.05, 0) is 36.4 Å². The lowest BCUT2D eigenvalue weighted by atomic mass is 10.1. The highest BCUT2D eigenvalue weighted by Crippen LogP contribution is 2.19. The topological polar surface area (TPSA) is 163 Å². The van der Waals surface area contributed by atoms with E-state index in [1.54, 1.807) is 0 Å².